The third-order valence-corrected chi connectivity index (χ3v) is 1.33. The van der Waals surface area contributed by atoms with E-state index >= 15 is 0 Å². The predicted molar refractivity (Wildman–Crippen MR) is 61.4 cm³/mol. The fourth-order valence-electron chi connectivity index (χ4n) is 0.791. The predicted octanol–water partition coefficient (Wildman–Crippen LogP) is 1.68. The van der Waals surface area contributed by atoms with Crippen LogP contribution in [0.1, 0.15) is 13.3 Å². The molecule has 0 bridgehead atoms. The maximum Gasteiger partial charge on any atom is 0.261 e. The second-order valence-corrected chi connectivity index (χ2v) is 4.52. The van der Waals surface area contributed by atoms with Crippen LogP contribution in [-0.2, 0) is 10.1 Å². The topological polar surface area (TPSA) is 83.8 Å². The van der Waals surface area contributed by atoms with Crippen molar-refractivity contribution in [3.8, 4) is 11.5 Å². The number of phenolic OH excluding ortho intramolecular Hbond substituents is 1. The van der Waals surface area contributed by atoms with E-state index in [2.05, 4.69) is 0 Å². The molecule has 5 nitrogen and oxygen atoms in total. The molecule has 0 saturated heterocycles. The zero-order chi connectivity index (χ0) is 12.6. The summed E-state index contributed by atoms with van der Waals surface area (Å²) in [4.78, 5) is 0. The highest BCUT2D eigenvalue weighted by Crippen LogP contribution is 2.24. The van der Waals surface area contributed by atoms with Crippen molar-refractivity contribution in [2.75, 3.05) is 12.9 Å². The summed E-state index contributed by atoms with van der Waals surface area (Å²) in [5, 5.41) is 9.21. The van der Waals surface area contributed by atoms with Crippen LogP contribution in [0.25, 0.3) is 0 Å². The number of para-hydroxylation sites is 2. The van der Waals surface area contributed by atoms with Gasteiger partial charge in [0.2, 0.25) is 0 Å². The second-order valence-electron chi connectivity index (χ2n) is 3.05. The number of ether oxygens (including phenoxy) is 1. The van der Waals surface area contributed by atoms with E-state index in [4.69, 9.17) is 9.29 Å². The molecule has 0 aliphatic carbocycles. The lowest BCUT2D eigenvalue weighted by Crippen LogP contribution is -1.94. The Kier molecular flexibility index (Phi) is 6.52. The van der Waals surface area contributed by atoms with Crippen molar-refractivity contribution in [3.63, 3.8) is 0 Å². The Hall–Kier alpha value is -1.27. The quantitative estimate of drug-likeness (QED) is 0.795. The molecule has 0 aromatic heterocycles. The van der Waals surface area contributed by atoms with Crippen LogP contribution in [0.15, 0.2) is 24.3 Å². The number of rotatable bonds is 3. The lowest BCUT2D eigenvalue weighted by molar-refractivity contribution is 0.299. The second kappa shape index (κ2) is 7.08. The van der Waals surface area contributed by atoms with Crippen molar-refractivity contribution < 1.29 is 22.8 Å². The Morgan fingerprint density at radius 3 is 2.25 bits per heavy atom. The fourth-order valence-corrected chi connectivity index (χ4v) is 0.791. The number of hydrogen-bond acceptors (Lipinski definition) is 4. The van der Waals surface area contributed by atoms with Gasteiger partial charge in [-0.2, -0.15) is 8.42 Å². The van der Waals surface area contributed by atoms with Crippen LogP contribution < -0.4 is 4.74 Å². The van der Waals surface area contributed by atoms with E-state index < -0.39 is 10.1 Å². The van der Waals surface area contributed by atoms with Crippen LogP contribution in [-0.4, -0.2) is 30.9 Å². The lowest BCUT2D eigenvalue weighted by atomic mass is 10.3. The molecule has 0 fully saturated rings. The van der Waals surface area contributed by atoms with Gasteiger partial charge in [0.25, 0.3) is 10.1 Å². The molecule has 6 heteroatoms. The molecule has 0 radical (unpaired) electrons. The minimum absolute atomic E-state index is 0.209. The van der Waals surface area contributed by atoms with Crippen LogP contribution in [0, 0.1) is 0 Å². The van der Waals surface area contributed by atoms with Gasteiger partial charge in [-0.15, -0.1) is 0 Å². The highest BCUT2D eigenvalue weighted by Gasteiger charge is 1.97. The molecule has 2 N–H and O–H groups in total. The number of aromatic hydroxyl groups is 1. The Morgan fingerprint density at radius 1 is 1.31 bits per heavy atom. The SMILES string of the molecule is CCCOc1ccccc1O.CS(=O)(=O)O. The van der Waals surface area contributed by atoms with Gasteiger partial charge in [-0.25, -0.2) is 0 Å². The summed E-state index contributed by atoms with van der Waals surface area (Å²) in [6.07, 6.45) is 1.67. The van der Waals surface area contributed by atoms with Crippen molar-refractivity contribution in [2.45, 2.75) is 13.3 Å². The number of benzene rings is 1. The molecule has 0 aliphatic heterocycles. The lowest BCUT2D eigenvalue weighted by Gasteiger charge is -2.04. The van der Waals surface area contributed by atoms with Crippen molar-refractivity contribution in [1.29, 1.82) is 0 Å². The molecular weight excluding hydrogens is 232 g/mol. The van der Waals surface area contributed by atoms with E-state index in [1.165, 1.54) is 0 Å². The van der Waals surface area contributed by atoms with Crippen molar-refractivity contribution >= 4 is 10.1 Å². The first kappa shape index (κ1) is 14.7. The van der Waals surface area contributed by atoms with Gasteiger partial charge in [-0.1, -0.05) is 19.1 Å². The van der Waals surface area contributed by atoms with Gasteiger partial charge < -0.3 is 9.84 Å². The summed E-state index contributed by atoms with van der Waals surface area (Å²) >= 11 is 0. The normalized spacial score (nSPS) is 10.2. The summed E-state index contributed by atoms with van der Waals surface area (Å²) in [6, 6.07) is 6.98. The first-order valence-electron chi connectivity index (χ1n) is 4.68. The summed E-state index contributed by atoms with van der Waals surface area (Å²) < 4.78 is 31.1. The molecule has 1 rings (SSSR count). The highest BCUT2D eigenvalue weighted by atomic mass is 32.2. The van der Waals surface area contributed by atoms with Crippen LogP contribution in [0.5, 0.6) is 11.5 Å². The third-order valence-electron chi connectivity index (χ3n) is 1.33. The average Bonchev–Trinajstić information content (AvgIpc) is 2.14. The third kappa shape index (κ3) is 9.29. The van der Waals surface area contributed by atoms with E-state index in [9.17, 15) is 13.5 Å². The van der Waals surface area contributed by atoms with E-state index in [-0.39, 0.29) is 5.75 Å². The smallest absolute Gasteiger partial charge is 0.261 e. The first-order valence-corrected chi connectivity index (χ1v) is 6.52. The van der Waals surface area contributed by atoms with E-state index in [0.717, 1.165) is 6.42 Å². The molecule has 0 aliphatic rings. The maximum atomic E-state index is 9.21. The minimum Gasteiger partial charge on any atom is -0.504 e. The molecule has 92 valence electrons. The molecule has 0 unspecified atom stereocenters. The van der Waals surface area contributed by atoms with Gasteiger partial charge in [0.1, 0.15) is 0 Å². The van der Waals surface area contributed by atoms with Crippen molar-refractivity contribution in [2.24, 2.45) is 0 Å². The molecule has 1 aromatic rings. The molecule has 16 heavy (non-hydrogen) atoms. The maximum absolute atomic E-state index is 9.21. The van der Waals surface area contributed by atoms with Crippen LogP contribution >= 0.6 is 0 Å². The van der Waals surface area contributed by atoms with Crippen molar-refractivity contribution in [1.82, 2.24) is 0 Å². The van der Waals surface area contributed by atoms with Gasteiger partial charge in [0.05, 0.1) is 12.9 Å². The van der Waals surface area contributed by atoms with E-state index in [1.54, 1.807) is 18.2 Å². The Morgan fingerprint density at radius 2 is 1.81 bits per heavy atom. The summed E-state index contributed by atoms with van der Waals surface area (Å²) in [6.45, 7) is 2.68. The fraction of sp³-hybridized carbons (Fsp3) is 0.400. The summed E-state index contributed by atoms with van der Waals surface area (Å²) in [7, 11) is -3.67. The molecular formula is C10H16O5S. The van der Waals surface area contributed by atoms with E-state index in [0.29, 0.717) is 18.6 Å². The average molecular weight is 248 g/mol. The molecule has 1 aromatic carbocycles. The van der Waals surface area contributed by atoms with Crippen LogP contribution in [0.4, 0.5) is 0 Å². The minimum atomic E-state index is -3.67. The Bertz CT molecular complexity index is 391. The van der Waals surface area contributed by atoms with Gasteiger partial charge in [0.15, 0.2) is 11.5 Å². The zero-order valence-electron chi connectivity index (χ0n) is 9.25. The van der Waals surface area contributed by atoms with E-state index in [1.807, 2.05) is 13.0 Å². The van der Waals surface area contributed by atoms with Crippen LogP contribution in [0.2, 0.25) is 0 Å². The monoisotopic (exact) mass is 248 g/mol. The van der Waals surface area contributed by atoms with Gasteiger partial charge in [-0.3, -0.25) is 4.55 Å². The molecule has 0 amide bonds. The zero-order valence-corrected chi connectivity index (χ0v) is 10.1. The number of hydrogen-bond donors (Lipinski definition) is 2. The summed E-state index contributed by atoms with van der Waals surface area (Å²) in [5.74, 6) is 0.773. The first-order chi connectivity index (χ1) is 7.34. The Labute approximate surface area is 95.4 Å². The molecule has 0 atom stereocenters. The van der Waals surface area contributed by atoms with Gasteiger partial charge in [-0.05, 0) is 18.6 Å². The number of phenols is 1. The standard InChI is InChI=1S/C9H12O2.CH4O3S/c1-2-7-11-9-6-4-3-5-8(9)10;1-5(2,3)4/h3-6,10H,2,7H2,1H3;1H3,(H,2,3,4). The van der Waals surface area contributed by atoms with Gasteiger partial charge >= 0.3 is 0 Å². The summed E-state index contributed by atoms with van der Waals surface area (Å²) in [5.41, 5.74) is 0. The van der Waals surface area contributed by atoms with Crippen LogP contribution in [0.3, 0.4) is 0 Å². The van der Waals surface area contributed by atoms with Gasteiger partial charge in [0, 0.05) is 0 Å². The largest absolute Gasteiger partial charge is 0.504 e. The molecule has 0 heterocycles. The molecule has 0 spiro atoms. The molecule has 0 saturated carbocycles. The highest BCUT2D eigenvalue weighted by molar-refractivity contribution is 7.85. The Balaban J connectivity index is 0.000000385. The van der Waals surface area contributed by atoms with Crippen molar-refractivity contribution in [3.05, 3.63) is 24.3 Å².